The fourth-order valence-corrected chi connectivity index (χ4v) is 13.2. The second-order valence-corrected chi connectivity index (χ2v) is 18.9. The number of rotatable bonds is 18. The molecule has 4 aromatic carbocycles. The zero-order valence-electron chi connectivity index (χ0n) is 30.5. The number of hydrogen-bond acceptors (Lipinski definition) is 11. The first kappa shape index (κ1) is 40.1. The van der Waals surface area contributed by atoms with E-state index in [4.69, 9.17) is 42.1 Å². The van der Waals surface area contributed by atoms with Gasteiger partial charge in [0.05, 0.1) is 0 Å². The Labute approximate surface area is 321 Å². The second kappa shape index (κ2) is 19.4. The molecular weight excluding hydrogens is 783 g/mol. The van der Waals surface area contributed by atoms with E-state index in [-0.39, 0.29) is 23.6 Å². The molecule has 2 unspecified atom stereocenters. The SMILES string of the molecule is COc1ccc(COC[C@@H]2[C@@H](OCc3ccc(OC)cc3)[C@H](OCc3ccc(OC)cc3)C[Se+]2C[C@H]2OC(c3ccccc3)OC[C@@H]2OS(=O)(=O)O)cc1. The average molecular weight is 831 g/mol. The van der Waals surface area contributed by atoms with Gasteiger partial charge in [-0.1, -0.05) is 0 Å². The third-order valence-electron chi connectivity index (χ3n) is 9.29. The molecule has 2 aliphatic heterocycles. The summed E-state index contributed by atoms with van der Waals surface area (Å²) in [5.41, 5.74) is 3.75. The molecule has 0 bridgehead atoms. The first-order chi connectivity index (χ1) is 26.2. The summed E-state index contributed by atoms with van der Waals surface area (Å²) in [7, 11) is 0.0979. The number of ether oxygens (including phenoxy) is 8. The molecule has 12 nitrogen and oxygen atoms in total. The fourth-order valence-electron chi connectivity index (χ4n) is 6.42. The molecule has 1 N–H and O–H groups in total. The van der Waals surface area contributed by atoms with Crippen LogP contribution < -0.4 is 14.2 Å². The fraction of sp³-hybridized carbons (Fsp3) is 0.400. The van der Waals surface area contributed by atoms with Crippen LogP contribution in [0, 0.1) is 0 Å². The van der Waals surface area contributed by atoms with Crippen molar-refractivity contribution >= 4 is 24.3 Å². The summed E-state index contributed by atoms with van der Waals surface area (Å²) >= 11 is -1.81. The molecule has 2 aliphatic rings. The molecule has 0 aliphatic carbocycles. The minimum atomic E-state index is -4.79. The van der Waals surface area contributed by atoms with Crippen molar-refractivity contribution in [3.63, 3.8) is 0 Å². The Hall–Kier alpha value is -3.53. The quantitative estimate of drug-likeness (QED) is 0.0857. The molecule has 0 amide bonds. The van der Waals surface area contributed by atoms with Crippen molar-refractivity contribution in [2.24, 2.45) is 0 Å². The summed E-state index contributed by atoms with van der Waals surface area (Å²) in [5.74, 6) is 2.27. The summed E-state index contributed by atoms with van der Waals surface area (Å²) in [6.45, 7) is 1.36. The van der Waals surface area contributed by atoms with Crippen molar-refractivity contribution in [2.75, 3.05) is 34.5 Å². The topological polar surface area (TPSA) is 137 Å². The van der Waals surface area contributed by atoms with Gasteiger partial charge in [0.15, 0.2) is 0 Å². The van der Waals surface area contributed by atoms with Crippen LogP contribution in [-0.2, 0) is 58.1 Å². The molecule has 7 atom stereocenters. The van der Waals surface area contributed by atoms with E-state index in [1.54, 1.807) is 21.3 Å². The average Bonchev–Trinajstić information content (AvgIpc) is 3.52. The Morgan fingerprint density at radius 3 is 1.78 bits per heavy atom. The van der Waals surface area contributed by atoms with E-state index in [0.717, 1.165) is 39.5 Å². The summed E-state index contributed by atoms with van der Waals surface area (Å²) < 4.78 is 87.1. The van der Waals surface area contributed by atoms with Crippen LogP contribution in [0.2, 0.25) is 15.5 Å². The molecule has 54 heavy (non-hydrogen) atoms. The molecule has 4 aromatic rings. The standard InChI is InChI=1S/C40H46O12SSe/c1-44-32-15-9-28(10-16-32)21-47-25-38-39(49-23-30-13-19-34(46-3)20-14-30)37(48-22-29-11-17-33(45-2)18-12-29)27-54(38)26-36-35(52-53(41,42)43)24-50-40(51-36)31-7-5-4-6-8-31/h4-20,35-40H,21-27H2,1-3H3/p+1/t35-,36+,37+,38+,39-,40?,54?/m0/s1. The van der Waals surface area contributed by atoms with Crippen molar-refractivity contribution in [3.8, 4) is 17.2 Å². The molecule has 0 aromatic heterocycles. The number of methoxy groups -OCH3 is 3. The Morgan fingerprint density at radius 1 is 0.704 bits per heavy atom. The molecule has 2 heterocycles. The Kier molecular flexibility index (Phi) is 14.4. The minimum absolute atomic E-state index is 0.0737. The molecule has 2 fully saturated rings. The third-order valence-corrected chi connectivity index (χ3v) is 15.6. The number of benzene rings is 4. The zero-order chi connectivity index (χ0) is 37.9. The van der Waals surface area contributed by atoms with Gasteiger partial charge in [-0.3, -0.25) is 0 Å². The van der Waals surface area contributed by atoms with Gasteiger partial charge in [0.2, 0.25) is 0 Å². The van der Waals surface area contributed by atoms with E-state index in [2.05, 4.69) is 0 Å². The van der Waals surface area contributed by atoms with Crippen LogP contribution >= 0.6 is 0 Å². The van der Waals surface area contributed by atoms with Gasteiger partial charge < -0.3 is 0 Å². The maximum atomic E-state index is 12.0. The van der Waals surface area contributed by atoms with Gasteiger partial charge >= 0.3 is 323 Å². The van der Waals surface area contributed by atoms with Crippen LogP contribution in [0.1, 0.15) is 28.5 Å². The predicted molar refractivity (Wildman–Crippen MR) is 201 cm³/mol. The van der Waals surface area contributed by atoms with Crippen LogP contribution in [0.4, 0.5) is 0 Å². The van der Waals surface area contributed by atoms with Gasteiger partial charge in [0.25, 0.3) is 0 Å². The van der Waals surface area contributed by atoms with Crippen LogP contribution in [-0.4, -0.2) is 85.8 Å². The van der Waals surface area contributed by atoms with Gasteiger partial charge in [-0.05, 0) is 0 Å². The maximum absolute atomic E-state index is 12.0. The third kappa shape index (κ3) is 11.3. The van der Waals surface area contributed by atoms with Crippen LogP contribution in [0.3, 0.4) is 0 Å². The molecule has 14 heteroatoms. The van der Waals surface area contributed by atoms with Gasteiger partial charge in [-0.25, -0.2) is 0 Å². The second-order valence-electron chi connectivity index (χ2n) is 12.9. The van der Waals surface area contributed by atoms with Gasteiger partial charge in [0.1, 0.15) is 0 Å². The van der Waals surface area contributed by atoms with Gasteiger partial charge in [-0.2, -0.15) is 0 Å². The normalized spacial score (nSPS) is 24.3. The molecule has 290 valence electrons. The molecule has 6 rings (SSSR count). The summed E-state index contributed by atoms with van der Waals surface area (Å²) in [4.78, 5) is -0.0737. The molecular formula is C40H47O12SSe+. The molecule has 0 saturated carbocycles. The van der Waals surface area contributed by atoms with E-state index in [0.29, 0.717) is 37.1 Å². The zero-order valence-corrected chi connectivity index (χ0v) is 33.0. The van der Waals surface area contributed by atoms with Crippen LogP contribution in [0.5, 0.6) is 17.2 Å². The first-order valence-corrected chi connectivity index (χ1v) is 22.3. The van der Waals surface area contributed by atoms with Crippen molar-refractivity contribution in [1.29, 1.82) is 0 Å². The Balaban J connectivity index is 1.27. The van der Waals surface area contributed by atoms with Crippen molar-refractivity contribution in [1.82, 2.24) is 0 Å². The van der Waals surface area contributed by atoms with Crippen molar-refractivity contribution in [3.05, 3.63) is 125 Å². The van der Waals surface area contributed by atoms with Crippen molar-refractivity contribution in [2.45, 2.75) is 66.0 Å². The Morgan fingerprint density at radius 2 is 1.24 bits per heavy atom. The molecule has 0 radical (unpaired) electrons. The molecule has 0 spiro atoms. The van der Waals surface area contributed by atoms with Crippen LogP contribution in [0.25, 0.3) is 0 Å². The van der Waals surface area contributed by atoms with E-state index in [1.807, 2.05) is 103 Å². The monoisotopic (exact) mass is 831 g/mol. The first-order valence-electron chi connectivity index (χ1n) is 17.5. The summed E-state index contributed by atoms with van der Waals surface area (Å²) in [6, 6.07) is 32.7. The van der Waals surface area contributed by atoms with E-state index in [9.17, 15) is 13.0 Å². The molecule has 2 saturated heterocycles. The predicted octanol–water partition coefficient (Wildman–Crippen LogP) is 6.58. The Bertz CT molecular complexity index is 1830. The van der Waals surface area contributed by atoms with Gasteiger partial charge in [-0.15, -0.1) is 0 Å². The van der Waals surface area contributed by atoms with Gasteiger partial charge in [0, 0.05) is 0 Å². The summed E-state index contributed by atoms with van der Waals surface area (Å²) in [6.07, 6.45) is -3.14. The van der Waals surface area contributed by atoms with E-state index >= 15 is 0 Å². The van der Waals surface area contributed by atoms with Crippen LogP contribution in [0.15, 0.2) is 103 Å². The number of hydrogen-bond donors (Lipinski definition) is 1. The summed E-state index contributed by atoms with van der Waals surface area (Å²) in [5, 5.41) is 1.17. The van der Waals surface area contributed by atoms with Crippen molar-refractivity contribution < 1.29 is 55.0 Å². The van der Waals surface area contributed by atoms with E-state index in [1.165, 1.54) is 0 Å². The van der Waals surface area contributed by atoms with E-state index < -0.39 is 42.8 Å².